The van der Waals surface area contributed by atoms with Crippen LogP contribution in [0.4, 0.5) is 0 Å². The van der Waals surface area contributed by atoms with E-state index in [1.54, 1.807) is 0 Å². The van der Waals surface area contributed by atoms with Gasteiger partial charge in [0, 0.05) is 0 Å². The molecule has 4 N–H and O–H groups in total. The molecule has 4 nitrogen and oxygen atoms in total. The molecule has 2 aliphatic carbocycles. The topological polar surface area (TPSA) is 78.3 Å². The molecule has 1 atom stereocenters. The Morgan fingerprint density at radius 2 is 1.87 bits per heavy atom. The van der Waals surface area contributed by atoms with Crippen molar-refractivity contribution in [1.82, 2.24) is 0 Å². The highest BCUT2D eigenvalue weighted by molar-refractivity contribution is 5.85. The van der Waals surface area contributed by atoms with Gasteiger partial charge in [-0.2, -0.15) is 0 Å². The molecule has 0 aliphatic heterocycles. The normalized spacial score (nSPS) is 26.5. The first-order valence-electron chi connectivity index (χ1n) is 5.83. The first-order valence-corrected chi connectivity index (χ1v) is 5.83. The molecule has 0 aromatic rings. The van der Waals surface area contributed by atoms with Crippen molar-refractivity contribution in [3.05, 3.63) is 0 Å². The highest BCUT2D eigenvalue weighted by Gasteiger charge is 2.47. The van der Waals surface area contributed by atoms with Crippen LogP contribution in [-0.4, -0.2) is 24.2 Å². The quantitative estimate of drug-likeness (QED) is 0.698. The average molecular weight is 212 g/mol. The largest absolute Gasteiger partial charge is 0.376 e. The molecular weight excluding hydrogens is 192 g/mol. The summed E-state index contributed by atoms with van der Waals surface area (Å²) in [6.45, 7) is 0.303. The second-order valence-corrected chi connectivity index (χ2v) is 4.90. The van der Waals surface area contributed by atoms with Crippen molar-refractivity contribution >= 4 is 5.91 Å². The van der Waals surface area contributed by atoms with Gasteiger partial charge >= 0.3 is 0 Å². The number of amides is 1. The van der Waals surface area contributed by atoms with Gasteiger partial charge in [-0.15, -0.1) is 0 Å². The second-order valence-electron chi connectivity index (χ2n) is 4.90. The van der Waals surface area contributed by atoms with E-state index in [9.17, 15) is 4.79 Å². The molecule has 2 fully saturated rings. The van der Waals surface area contributed by atoms with Crippen molar-refractivity contribution in [2.24, 2.45) is 17.4 Å². The van der Waals surface area contributed by atoms with Crippen molar-refractivity contribution in [3.8, 4) is 0 Å². The molecule has 1 unspecified atom stereocenters. The van der Waals surface area contributed by atoms with Gasteiger partial charge in [0.25, 0.3) is 0 Å². The van der Waals surface area contributed by atoms with Gasteiger partial charge in [-0.1, -0.05) is 12.8 Å². The van der Waals surface area contributed by atoms with Crippen LogP contribution in [0, 0.1) is 5.92 Å². The zero-order valence-electron chi connectivity index (χ0n) is 9.08. The first-order chi connectivity index (χ1) is 7.13. The van der Waals surface area contributed by atoms with Gasteiger partial charge in [-0.25, -0.2) is 0 Å². The molecule has 2 rings (SSSR count). The van der Waals surface area contributed by atoms with Crippen LogP contribution >= 0.6 is 0 Å². The molecule has 1 amide bonds. The van der Waals surface area contributed by atoms with Crippen molar-refractivity contribution in [3.63, 3.8) is 0 Å². The van der Waals surface area contributed by atoms with Crippen molar-refractivity contribution < 1.29 is 9.53 Å². The maximum atomic E-state index is 11.3. The minimum atomic E-state index is -0.914. The Morgan fingerprint density at radius 3 is 2.33 bits per heavy atom. The van der Waals surface area contributed by atoms with Crippen LogP contribution in [0.25, 0.3) is 0 Å². The molecule has 0 spiro atoms. The van der Waals surface area contributed by atoms with Crippen LogP contribution in [0.2, 0.25) is 0 Å². The lowest BCUT2D eigenvalue weighted by Crippen LogP contribution is -2.57. The molecule has 0 heterocycles. The Bertz CT molecular complexity index is 247. The molecule has 0 saturated heterocycles. The highest BCUT2D eigenvalue weighted by Crippen LogP contribution is 2.38. The highest BCUT2D eigenvalue weighted by atomic mass is 16.5. The van der Waals surface area contributed by atoms with Gasteiger partial charge in [-0.3, -0.25) is 4.79 Å². The Balaban J connectivity index is 1.86. The van der Waals surface area contributed by atoms with E-state index >= 15 is 0 Å². The van der Waals surface area contributed by atoms with Gasteiger partial charge < -0.3 is 16.2 Å². The number of carbonyl (C=O) groups excluding carboxylic acids is 1. The summed E-state index contributed by atoms with van der Waals surface area (Å²) in [5, 5.41) is 0. The molecule has 0 radical (unpaired) electrons. The van der Waals surface area contributed by atoms with Gasteiger partial charge in [0.05, 0.1) is 12.7 Å². The van der Waals surface area contributed by atoms with Crippen LogP contribution in [0.3, 0.4) is 0 Å². The summed E-state index contributed by atoms with van der Waals surface area (Å²) in [6.07, 6.45) is 6.95. The minimum absolute atomic E-state index is 0.247. The number of rotatable bonds is 5. The van der Waals surface area contributed by atoms with Crippen molar-refractivity contribution in [2.75, 3.05) is 6.61 Å². The Labute approximate surface area is 90.3 Å². The van der Waals surface area contributed by atoms with Gasteiger partial charge in [-0.05, 0) is 31.6 Å². The SMILES string of the molecule is NC(=O)C(N)(COC1CCCC1)C1CC1. The lowest BCUT2D eigenvalue weighted by Gasteiger charge is -2.27. The maximum absolute atomic E-state index is 11.3. The molecule has 2 aliphatic rings. The molecule has 15 heavy (non-hydrogen) atoms. The van der Waals surface area contributed by atoms with E-state index in [0.29, 0.717) is 12.7 Å². The average Bonchev–Trinajstić information content (AvgIpc) is 2.93. The second kappa shape index (κ2) is 4.10. The zero-order valence-corrected chi connectivity index (χ0v) is 9.08. The maximum Gasteiger partial charge on any atom is 0.240 e. The summed E-state index contributed by atoms with van der Waals surface area (Å²) in [6, 6.07) is 0. The fraction of sp³-hybridized carbons (Fsp3) is 0.909. The van der Waals surface area contributed by atoms with Crippen LogP contribution in [0.1, 0.15) is 38.5 Å². The smallest absolute Gasteiger partial charge is 0.240 e. The zero-order chi connectivity index (χ0) is 10.9. The lowest BCUT2D eigenvalue weighted by molar-refractivity contribution is -0.127. The van der Waals surface area contributed by atoms with E-state index in [1.165, 1.54) is 12.8 Å². The van der Waals surface area contributed by atoms with Crippen LogP contribution in [0.5, 0.6) is 0 Å². The van der Waals surface area contributed by atoms with Crippen molar-refractivity contribution in [2.45, 2.75) is 50.2 Å². The lowest BCUT2D eigenvalue weighted by atomic mass is 9.95. The number of carbonyl (C=O) groups is 1. The summed E-state index contributed by atoms with van der Waals surface area (Å²) < 4.78 is 5.70. The summed E-state index contributed by atoms with van der Waals surface area (Å²) >= 11 is 0. The monoisotopic (exact) mass is 212 g/mol. The number of ether oxygens (including phenoxy) is 1. The van der Waals surface area contributed by atoms with E-state index in [1.807, 2.05) is 0 Å². The van der Waals surface area contributed by atoms with Crippen LogP contribution < -0.4 is 11.5 Å². The fourth-order valence-electron chi connectivity index (χ4n) is 2.30. The molecule has 4 heteroatoms. The van der Waals surface area contributed by atoms with Crippen LogP contribution in [-0.2, 0) is 9.53 Å². The van der Waals surface area contributed by atoms with Gasteiger partial charge in [0.15, 0.2) is 0 Å². The van der Waals surface area contributed by atoms with Gasteiger partial charge in [0.2, 0.25) is 5.91 Å². The standard InChI is InChI=1S/C11H20N2O2/c12-10(14)11(13,8-5-6-8)7-15-9-3-1-2-4-9/h8-9H,1-7,13H2,(H2,12,14). The number of hydrogen-bond donors (Lipinski definition) is 2. The molecule has 0 bridgehead atoms. The fourth-order valence-corrected chi connectivity index (χ4v) is 2.30. The van der Waals surface area contributed by atoms with E-state index in [2.05, 4.69) is 0 Å². The Hall–Kier alpha value is -0.610. The third-order valence-corrected chi connectivity index (χ3v) is 3.62. The third-order valence-electron chi connectivity index (χ3n) is 3.62. The number of hydrogen-bond acceptors (Lipinski definition) is 3. The predicted octanol–water partition coefficient (Wildman–Crippen LogP) is 0.538. The third kappa shape index (κ3) is 2.32. The minimum Gasteiger partial charge on any atom is -0.376 e. The molecule has 0 aromatic carbocycles. The van der Waals surface area contributed by atoms with E-state index in [0.717, 1.165) is 25.7 Å². The van der Waals surface area contributed by atoms with E-state index in [4.69, 9.17) is 16.2 Å². The first kappa shape index (κ1) is 10.9. The summed E-state index contributed by atoms with van der Waals surface area (Å²) in [7, 11) is 0. The van der Waals surface area contributed by atoms with Crippen LogP contribution in [0.15, 0.2) is 0 Å². The Kier molecular flexibility index (Phi) is 2.98. The van der Waals surface area contributed by atoms with Crippen molar-refractivity contribution in [1.29, 1.82) is 0 Å². The molecule has 2 saturated carbocycles. The number of nitrogens with two attached hydrogens (primary N) is 2. The predicted molar refractivity (Wildman–Crippen MR) is 57.0 cm³/mol. The molecule has 86 valence electrons. The summed E-state index contributed by atoms with van der Waals surface area (Å²) in [5.74, 6) is -0.167. The molecular formula is C11H20N2O2. The van der Waals surface area contributed by atoms with E-state index < -0.39 is 11.4 Å². The summed E-state index contributed by atoms with van der Waals surface area (Å²) in [5.41, 5.74) is 10.5. The van der Waals surface area contributed by atoms with E-state index in [-0.39, 0.29) is 5.92 Å². The summed E-state index contributed by atoms with van der Waals surface area (Å²) in [4.78, 5) is 11.3. The number of primary amides is 1. The Morgan fingerprint density at radius 1 is 1.27 bits per heavy atom. The van der Waals surface area contributed by atoms with Gasteiger partial charge in [0.1, 0.15) is 5.54 Å². The molecule has 0 aromatic heterocycles.